The van der Waals surface area contributed by atoms with Crippen LogP contribution in [0.1, 0.15) is 5.56 Å². The number of fused-ring (bicyclic) bond motifs is 1. The summed E-state index contributed by atoms with van der Waals surface area (Å²) in [4.78, 5) is 0. The van der Waals surface area contributed by atoms with Crippen molar-refractivity contribution in [1.82, 2.24) is 4.72 Å². The molecule has 1 heterocycles. The van der Waals surface area contributed by atoms with Crippen LogP contribution in [-0.4, -0.2) is 0 Å². The molecule has 0 atom stereocenters. The molecule has 1 aromatic carbocycles. The Labute approximate surface area is 64.3 Å². The van der Waals surface area contributed by atoms with Gasteiger partial charge in [-0.05, 0) is 17.6 Å². The van der Waals surface area contributed by atoms with Crippen molar-refractivity contribution in [3.8, 4) is 0 Å². The summed E-state index contributed by atoms with van der Waals surface area (Å²) in [7, 11) is 0. The van der Waals surface area contributed by atoms with Gasteiger partial charge in [0.15, 0.2) is 0 Å². The van der Waals surface area contributed by atoms with E-state index >= 15 is 0 Å². The fourth-order valence-corrected chi connectivity index (χ4v) is 1.45. The minimum Gasteiger partial charge on any atom is -0.212 e. The standard InChI is InChI=1S/C8H6NS/c1-2-4-8-7(3-1)5-6-10-9-8/h1-6H. The van der Waals surface area contributed by atoms with Crippen molar-refractivity contribution < 1.29 is 0 Å². The number of hydrogen-bond acceptors (Lipinski definition) is 1. The van der Waals surface area contributed by atoms with Crippen LogP contribution in [0.15, 0.2) is 29.7 Å². The topological polar surface area (TPSA) is 14.1 Å². The molecule has 10 heavy (non-hydrogen) atoms. The summed E-state index contributed by atoms with van der Waals surface area (Å²) in [6, 6.07) is 8.11. The minimum absolute atomic E-state index is 1.08. The van der Waals surface area contributed by atoms with Crippen molar-refractivity contribution in [1.29, 1.82) is 0 Å². The van der Waals surface area contributed by atoms with Crippen LogP contribution in [0.25, 0.3) is 6.08 Å². The maximum Gasteiger partial charge on any atom is 0.0789 e. The van der Waals surface area contributed by atoms with E-state index in [0.29, 0.717) is 0 Å². The minimum atomic E-state index is 1.08. The zero-order valence-electron chi connectivity index (χ0n) is 5.32. The van der Waals surface area contributed by atoms with E-state index in [0.717, 1.165) is 5.69 Å². The van der Waals surface area contributed by atoms with Crippen LogP contribution < -0.4 is 4.72 Å². The van der Waals surface area contributed by atoms with Crippen molar-refractivity contribution in [2.45, 2.75) is 0 Å². The molecule has 0 bridgehead atoms. The lowest BCUT2D eigenvalue weighted by Crippen LogP contribution is -1.89. The van der Waals surface area contributed by atoms with Crippen LogP contribution in [0.3, 0.4) is 0 Å². The van der Waals surface area contributed by atoms with Gasteiger partial charge in [-0.15, -0.1) is 0 Å². The summed E-state index contributed by atoms with van der Waals surface area (Å²) in [6.45, 7) is 0. The first-order valence-electron chi connectivity index (χ1n) is 3.09. The zero-order chi connectivity index (χ0) is 6.81. The van der Waals surface area contributed by atoms with E-state index in [2.05, 4.69) is 16.9 Å². The Morgan fingerprint density at radius 2 is 2.10 bits per heavy atom. The molecule has 1 aromatic rings. The maximum atomic E-state index is 4.22. The van der Waals surface area contributed by atoms with Gasteiger partial charge in [-0.3, -0.25) is 0 Å². The van der Waals surface area contributed by atoms with E-state index < -0.39 is 0 Å². The van der Waals surface area contributed by atoms with Crippen LogP contribution in [0.2, 0.25) is 0 Å². The molecule has 1 aliphatic rings. The summed E-state index contributed by atoms with van der Waals surface area (Å²) in [5, 5.41) is 1.99. The Hall–Kier alpha value is -0.890. The predicted octanol–water partition coefficient (Wildman–Crippen LogP) is 2.56. The van der Waals surface area contributed by atoms with Gasteiger partial charge < -0.3 is 0 Å². The van der Waals surface area contributed by atoms with E-state index in [9.17, 15) is 0 Å². The molecule has 1 aliphatic heterocycles. The zero-order valence-corrected chi connectivity index (χ0v) is 6.14. The quantitative estimate of drug-likeness (QED) is 0.516. The fraction of sp³-hybridized carbons (Fsp3) is 0. The van der Waals surface area contributed by atoms with Gasteiger partial charge in [0, 0.05) is 17.5 Å². The van der Waals surface area contributed by atoms with Crippen molar-refractivity contribution in [3.63, 3.8) is 0 Å². The average molecular weight is 148 g/mol. The van der Waals surface area contributed by atoms with Crippen molar-refractivity contribution in [2.24, 2.45) is 0 Å². The molecule has 0 saturated heterocycles. The first-order valence-corrected chi connectivity index (χ1v) is 3.93. The van der Waals surface area contributed by atoms with Crippen LogP contribution in [0.4, 0.5) is 5.69 Å². The lowest BCUT2D eigenvalue weighted by molar-refractivity contribution is 1.36. The third-order valence-electron chi connectivity index (χ3n) is 1.40. The Morgan fingerprint density at radius 3 is 3.00 bits per heavy atom. The van der Waals surface area contributed by atoms with E-state index in [-0.39, 0.29) is 0 Å². The predicted molar refractivity (Wildman–Crippen MR) is 44.9 cm³/mol. The van der Waals surface area contributed by atoms with Gasteiger partial charge in [0.2, 0.25) is 0 Å². The van der Waals surface area contributed by atoms with Gasteiger partial charge in [0.05, 0.1) is 5.69 Å². The summed E-state index contributed by atoms with van der Waals surface area (Å²) < 4.78 is 4.22. The third-order valence-corrected chi connectivity index (χ3v) is 1.96. The second-order valence-corrected chi connectivity index (χ2v) is 2.72. The molecule has 0 saturated carbocycles. The maximum absolute atomic E-state index is 4.22. The number of benzene rings is 1. The van der Waals surface area contributed by atoms with Gasteiger partial charge in [-0.25, -0.2) is 4.72 Å². The summed E-state index contributed by atoms with van der Waals surface area (Å²) in [5.74, 6) is 0. The lowest BCUT2D eigenvalue weighted by Gasteiger charge is -2.06. The van der Waals surface area contributed by atoms with E-state index in [4.69, 9.17) is 0 Å². The molecule has 0 fully saturated rings. The van der Waals surface area contributed by atoms with Gasteiger partial charge in [-0.2, -0.15) is 0 Å². The van der Waals surface area contributed by atoms with E-state index in [1.807, 2.05) is 23.6 Å². The lowest BCUT2D eigenvalue weighted by atomic mass is 10.2. The number of hydrogen-bond donors (Lipinski definition) is 0. The SMILES string of the molecule is C1=Cc2ccccc2[N]S1. The molecule has 2 rings (SSSR count). The molecule has 2 heteroatoms. The number of nitrogens with zero attached hydrogens (tertiary/aromatic N) is 1. The molecule has 0 N–H and O–H groups in total. The molecule has 0 aromatic heterocycles. The smallest absolute Gasteiger partial charge is 0.0789 e. The Morgan fingerprint density at radius 1 is 1.20 bits per heavy atom. The highest BCUT2D eigenvalue weighted by Crippen LogP contribution is 2.25. The molecule has 1 nitrogen and oxygen atoms in total. The average Bonchev–Trinajstić information content (AvgIpc) is 2.05. The highest BCUT2D eigenvalue weighted by atomic mass is 32.2. The second kappa shape index (κ2) is 2.39. The monoisotopic (exact) mass is 148 g/mol. The largest absolute Gasteiger partial charge is 0.212 e. The molecule has 0 spiro atoms. The normalized spacial score (nSPS) is 14.0. The molecular formula is C8H6NS. The van der Waals surface area contributed by atoms with Gasteiger partial charge in [0.1, 0.15) is 0 Å². The number of rotatable bonds is 0. The van der Waals surface area contributed by atoms with Crippen molar-refractivity contribution in [2.75, 3.05) is 0 Å². The van der Waals surface area contributed by atoms with Crippen LogP contribution in [0.5, 0.6) is 0 Å². The van der Waals surface area contributed by atoms with E-state index in [1.54, 1.807) is 0 Å². The van der Waals surface area contributed by atoms with Crippen LogP contribution in [-0.2, 0) is 0 Å². The van der Waals surface area contributed by atoms with Gasteiger partial charge in [-0.1, -0.05) is 18.2 Å². The highest BCUT2D eigenvalue weighted by Gasteiger charge is 2.01. The molecule has 0 aliphatic carbocycles. The summed E-state index contributed by atoms with van der Waals surface area (Å²) in [5.41, 5.74) is 2.29. The van der Waals surface area contributed by atoms with Crippen LogP contribution >= 0.6 is 11.9 Å². The van der Waals surface area contributed by atoms with Gasteiger partial charge >= 0.3 is 0 Å². The van der Waals surface area contributed by atoms with Gasteiger partial charge in [0.25, 0.3) is 0 Å². The first kappa shape index (κ1) is 5.86. The van der Waals surface area contributed by atoms with E-state index in [1.165, 1.54) is 17.5 Å². The fourth-order valence-electron chi connectivity index (χ4n) is 0.903. The second-order valence-electron chi connectivity index (χ2n) is 2.06. The Bertz CT molecular complexity index is 268. The van der Waals surface area contributed by atoms with Crippen molar-refractivity contribution >= 4 is 23.7 Å². The third kappa shape index (κ3) is 0.907. The molecule has 49 valence electrons. The Balaban J connectivity index is 2.54. The van der Waals surface area contributed by atoms with Crippen molar-refractivity contribution in [3.05, 3.63) is 35.2 Å². The van der Waals surface area contributed by atoms with Crippen LogP contribution in [0, 0.1) is 0 Å². The molecule has 1 radical (unpaired) electrons. The molecule has 0 unspecified atom stereocenters. The Kier molecular flexibility index (Phi) is 1.40. The molecular weight excluding hydrogens is 142 g/mol. The summed E-state index contributed by atoms with van der Waals surface area (Å²) in [6.07, 6.45) is 2.08. The molecule has 0 amide bonds. The summed E-state index contributed by atoms with van der Waals surface area (Å²) >= 11 is 1.48. The highest BCUT2D eigenvalue weighted by molar-refractivity contribution is 8.00. The first-order chi connectivity index (χ1) is 4.97.